The SMILES string of the molecule is CCN(CC)CC.CCONCc1ccccc1. The number of benzene rings is 1. The zero-order valence-electron chi connectivity index (χ0n) is 12.3. The van der Waals surface area contributed by atoms with E-state index in [1.54, 1.807) is 0 Å². The summed E-state index contributed by atoms with van der Waals surface area (Å²) in [6.07, 6.45) is 0. The van der Waals surface area contributed by atoms with Crippen LogP contribution in [-0.4, -0.2) is 31.1 Å². The first-order chi connectivity index (χ1) is 8.78. The molecule has 1 N–H and O–H groups in total. The van der Waals surface area contributed by atoms with Gasteiger partial charge in [0.2, 0.25) is 0 Å². The second kappa shape index (κ2) is 12.6. The minimum absolute atomic E-state index is 0.701. The van der Waals surface area contributed by atoms with Crippen molar-refractivity contribution in [3.63, 3.8) is 0 Å². The largest absolute Gasteiger partial charge is 0.304 e. The molecule has 3 nitrogen and oxygen atoms in total. The molecule has 0 aromatic heterocycles. The van der Waals surface area contributed by atoms with E-state index < -0.39 is 0 Å². The molecular formula is C15H28N2O. The van der Waals surface area contributed by atoms with Gasteiger partial charge in [0.1, 0.15) is 0 Å². The van der Waals surface area contributed by atoms with Gasteiger partial charge in [-0.2, -0.15) is 5.48 Å². The maximum atomic E-state index is 4.99. The lowest BCUT2D eigenvalue weighted by Gasteiger charge is -2.13. The van der Waals surface area contributed by atoms with Gasteiger partial charge in [-0.1, -0.05) is 51.1 Å². The maximum Gasteiger partial charge on any atom is 0.0654 e. The van der Waals surface area contributed by atoms with Gasteiger partial charge in [0.15, 0.2) is 0 Å². The molecular weight excluding hydrogens is 224 g/mol. The molecule has 104 valence electrons. The Morgan fingerprint density at radius 2 is 1.50 bits per heavy atom. The van der Waals surface area contributed by atoms with Gasteiger partial charge in [0.05, 0.1) is 6.61 Å². The van der Waals surface area contributed by atoms with Gasteiger partial charge in [-0.15, -0.1) is 0 Å². The molecule has 0 saturated carbocycles. The molecule has 0 saturated heterocycles. The molecule has 0 aliphatic heterocycles. The molecule has 0 unspecified atom stereocenters. The van der Waals surface area contributed by atoms with Gasteiger partial charge in [-0.25, -0.2) is 0 Å². The van der Waals surface area contributed by atoms with Crippen molar-refractivity contribution in [3.05, 3.63) is 35.9 Å². The molecule has 1 aromatic carbocycles. The van der Waals surface area contributed by atoms with Gasteiger partial charge in [0.25, 0.3) is 0 Å². The molecule has 1 aromatic rings. The number of nitrogens with one attached hydrogen (secondary N) is 1. The first kappa shape index (κ1) is 17.1. The van der Waals surface area contributed by atoms with Crippen molar-refractivity contribution in [1.82, 2.24) is 10.4 Å². The summed E-state index contributed by atoms with van der Waals surface area (Å²) in [7, 11) is 0. The van der Waals surface area contributed by atoms with Crippen LogP contribution >= 0.6 is 0 Å². The van der Waals surface area contributed by atoms with E-state index in [0.717, 1.165) is 6.54 Å². The smallest absolute Gasteiger partial charge is 0.0654 e. The predicted molar refractivity (Wildman–Crippen MR) is 78.4 cm³/mol. The van der Waals surface area contributed by atoms with Crippen LogP contribution in [0.4, 0.5) is 0 Å². The lowest BCUT2D eigenvalue weighted by molar-refractivity contribution is 0.0463. The van der Waals surface area contributed by atoms with Crippen molar-refractivity contribution in [2.24, 2.45) is 0 Å². The zero-order valence-corrected chi connectivity index (χ0v) is 12.3. The summed E-state index contributed by atoms with van der Waals surface area (Å²) in [4.78, 5) is 7.36. The molecule has 3 heteroatoms. The first-order valence-corrected chi connectivity index (χ1v) is 6.89. The maximum absolute atomic E-state index is 4.99. The Hall–Kier alpha value is -0.900. The highest BCUT2D eigenvalue weighted by atomic mass is 16.6. The summed E-state index contributed by atoms with van der Waals surface area (Å²) in [5.74, 6) is 0. The second-order valence-corrected chi connectivity index (χ2v) is 3.86. The van der Waals surface area contributed by atoms with Crippen LogP contribution in [0.2, 0.25) is 0 Å². The average Bonchev–Trinajstić information content (AvgIpc) is 2.43. The summed E-state index contributed by atoms with van der Waals surface area (Å²) in [5.41, 5.74) is 4.09. The average molecular weight is 252 g/mol. The number of hydrogen-bond donors (Lipinski definition) is 1. The van der Waals surface area contributed by atoms with Crippen LogP contribution in [0.25, 0.3) is 0 Å². The third-order valence-corrected chi connectivity index (χ3v) is 2.71. The van der Waals surface area contributed by atoms with E-state index in [1.807, 2.05) is 25.1 Å². The lowest BCUT2D eigenvalue weighted by atomic mass is 10.2. The quantitative estimate of drug-likeness (QED) is 0.596. The van der Waals surface area contributed by atoms with E-state index >= 15 is 0 Å². The molecule has 0 heterocycles. The fourth-order valence-electron chi connectivity index (χ4n) is 1.50. The number of hydrogen-bond acceptors (Lipinski definition) is 3. The number of nitrogens with zero attached hydrogens (tertiary/aromatic N) is 1. The highest BCUT2D eigenvalue weighted by Crippen LogP contribution is 1.96. The van der Waals surface area contributed by atoms with Crippen LogP contribution < -0.4 is 5.48 Å². The van der Waals surface area contributed by atoms with Crippen molar-refractivity contribution in [3.8, 4) is 0 Å². The van der Waals surface area contributed by atoms with E-state index in [0.29, 0.717) is 6.61 Å². The van der Waals surface area contributed by atoms with E-state index in [4.69, 9.17) is 4.84 Å². The predicted octanol–water partition coefficient (Wildman–Crippen LogP) is 3.08. The fourth-order valence-corrected chi connectivity index (χ4v) is 1.50. The number of rotatable bonds is 7. The highest BCUT2D eigenvalue weighted by molar-refractivity contribution is 5.13. The molecule has 0 spiro atoms. The van der Waals surface area contributed by atoms with Crippen LogP contribution in [0, 0.1) is 0 Å². The minimum Gasteiger partial charge on any atom is -0.304 e. The molecule has 0 bridgehead atoms. The van der Waals surface area contributed by atoms with Gasteiger partial charge < -0.3 is 9.74 Å². The molecule has 0 atom stereocenters. The van der Waals surface area contributed by atoms with Crippen molar-refractivity contribution in [2.45, 2.75) is 34.2 Å². The van der Waals surface area contributed by atoms with Crippen molar-refractivity contribution in [1.29, 1.82) is 0 Å². The standard InChI is InChI=1S/C9H13NO.C6H15N/c1-2-11-10-8-9-6-4-3-5-7-9;1-4-7(5-2)6-3/h3-7,10H,2,8H2,1H3;4-6H2,1-3H3. The highest BCUT2D eigenvalue weighted by Gasteiger charge is 1.89. The third kappa shape index (κ3) is 9.16. The van der Waals surface area contributed by atoms with Crippen LogP contribution in [0.5, 0.6) is 0 Å². The van der Waals surface area contributed by atoms with Crippen molar-refractivity contribution < 1.29 is 4.84 Å². The molecule has 18 heavy (non-hydrogen) atoms. The lowest BCUT2D eigenvalue weighted by Crippen LogP contribution is -2.21. The van der Waals surface area contributed by atoms with E-state index in [9.17, 15) is 0 Å². The number of hydroxylamine groups is 1. The Morgan fingerprint density at radius 3 is 1.89 bits per heavy atom. The Labute approximate surface area is 112 Å². The second-order valence-electron chi connectivity index (χ2n) is 3.86. The van der Waals surface area contributed by atoms with Crippen molar-refractivity contribution in [2.75, 3.05) is 26.2 Å². The van der Waals surface area contributed by atoms with Crippen molar-refractivity contribution >= 4 is 0 Å². The van der Waals surface area contributed by atoms with Gasteiger partial charge >= 0.3 is 0 Å². The van der Waals surface area contributed by atoms with Crippen LogP contribution in [0.1, 0.15) is 33.3 Å². The van der Waals surface area contributed by atoms with Crippen LogP contribution in [-0.2, 0) is 11.4 Å². The van der Waals surface area contributed by atoms with E-state index in [2.05, 4.69) is 43.3 Å². The summed E-state index contributed by atoms with van der Waals surface area (Å²) in [5, 5.41) is 0. The monoisotopic (exact) mass is 252 g/mol. The topological polar surface area (TPSA) is 24.5 Å². The Morgan fingerprint density at radius 1 is 0.944 bits per heavy atom. The molecule has 1 rings (SSSR count). The molecule has 0 aliphatic rings. The Kier molecular flexibility index (Phi) is 11.9. The molecule has 0 aliphatic carbocycles. The minimum atomic E-state index is 0.701. The summed E-state index contributed by atoms with van der Waals surface area (Å²) < 4.78 is 0. The molecule has 0 radical (unpaired) electrons. The Balaban J connectivity index is 0.000000360. The normalized spacial score (nSPS) is 10.1. The molecule has 0 amide bonds. The van der Waals surface area contributed by atoms with Gasteiger partial charge in [-0.3, -0.25) is 0 Å². The van der Waals surface area contributed by atoms with E-state index in [-0.39, 0.29) is 0 Å². The summed E-state index contributed by atoms with van der Waals surface area (Å²) in [6, 6.07) is 10.2. The van der Waals surface area contributed by atoms with Gasteiger partial charge in [0, 0.05) is 6.54 Å². The zero-order chi connectivity index (χ0) is 13.6. The van der Waals surface area contributed by atoms with Crippen LogP contribution in [0.15, 0.2) is 30.3 Å². The third-order valence-electron chi connectivity index (χ3n) is 2.71. The fraction of sp³-hybridized carbons (Fsp3) is 0.600. The molecule has 0 fully saturated rings. The van der Waals surface area contributed by atoms with Crippen LogP contribution in [0.3, 0.4) is 0 Å². The summed E-state index contributed by atoms with van der Waals surface area (Å²) in [6.45, 7) is 13.6. The van der Waals surface area contributed by atoms with E-state index in [1.165, 1.54) is 25.2 Å². The van der Waals surface area contributed by atoms with Gasteiger partial charge in [-0.05, 0) is 32.1 Å². The summed E-state index contributed by atoms with van der Waals surface area (Å²) >= 11 is 0. The first-order valence-electron chi connectivity index (χ1n) is 6.89. The Bertz CT molecular complexity index is 255.